The molecule has 6 heteroatoms. The monoisotopic (exact) mass is 331 g/mol. The van der Waals surface area contributed by atoms with E-state index in [-0.39, 0.29) is 5.91 Å². The molecule has 0 saturated carbocycles. The molecule has 2 N–H and O–H groups in total. The van der Waals surface area contributed by atoms with Crippen LogP contribution in [-0.4, -0.2) is 16.1 Å². The standard InChI is InChI=1S/C16H14ClN3OS/c1-2-12-15(18-16(21)13-4-3-9-22-13)14(20-19-12)10-5-7-11(17)8-6-10/h3-9H,2H2,1H3,(H,18,21)(H,19,20). The van der Waals surface area contributed by atoms with E-state index in [1.54, 1.807) is 6.07 Å². The number of rotatable bonds is 4. The van der Waals surface area contributed by atoms with Crippen LogP contribution in [0.25, 0.3) is 11.3 Å². The van der Waals surface area contributed by atoms with Crippen molar-refractivity contribution in [1.82, 2.24) is 10.2 Å². The number of aryl methyl sites for hydroxylation is 1. The minimum absolute atomic E-state index is 0.124. The molecule has 0 bridgehead atoms. The molecular formula is C16H14ClN3OS. The molecule has 0 saturated heterocycles. The van der Waals surface area contributed by atoms with E-state index in [2.05, 4.69) is 15.5 Å². The van der Waals surface area contributed by atoms with Gasteiger partial charge in [0.05, 0.1) is 16.3 Å². The molecule has 2 heterocycles. The number of aromatic amines is 1. The van der Waals surface area contributed by atoms with Crippen LogP contribution in [0.4, 0.5) is 5.69 Å². The number of halogens is 1. The van der Waals surface area contributed by atoms with Crippen molar-refractivity contribution in [1.29, 1.82) is 0 Å². The molecule has 0 atom stereocenters. The average molecular weight is 332 g/mol. The summed E-state index contributed by atoms with van der Waals surface area (Å²) in [6, 6.07) is 11.0. The van der Waals surface area contributed by atoms with Gasteiger partial charge in [0.2, 0.25) is 0 Å². The van der Waals surface area contributed by atoms with Crippen LogP contribution < -0.4 is 5.32 Å². The van der Waals surface area contributed by atoms with Crippen molar-refractivity contribution in [2.75, 3.05) is 5.32 Å². The van der Waals surface area contributed by atoms with Crippen molar-refractivity contribution in [2.45, 2.75) is 13.3 Å². The van der Waals surface area contributed by atoms with Gasteiger partial charge in [-0.15, -0.1) is 11.3 Å². The van der Waals surface area contributed by atoms with Crippen LogP contribution in [0.15, 0.2) is 41.8 Å². The molecular weight excluding hydrogens is 318 g/mol. The van der Waals surface area contributed by atoms with Crippen LogP contribution in [0, 0.1) is 0 Å². The summed E-state index contributed by atoms with van der Waals surface area (Å²) < 4.78 is 0. The first-order chi connectivity index (χ1) is 10.7. The molecule has 1 aromatic carbocycles. The normalized spacial score (nSPS) is 10.6. The molecule has 0 spiro atoms. The molecule has 0 fully saturated rings. The Morgan fingerprint density at radius 1 is 1.32 bits per heavy atom. The van der Waals surface area contributed by atoms with Gasteiger partial charge < -0.3 is 5.32 Å². The first-order valence-corrected chi connectivity index (χ1v) is 8.13. The van der Waals surface area contributed by atoms with Crippen molar-refractivity contribution >= 4 is 34.5 Å². The number of anilines is 1. The zero-order chi connectivity index (χ0) is 15.5. The molecule has 3 rings (SSSR count). The van der Waals surface area contributed by atoms with E-state index in [0.29, 0.717) is 9.90 Å². The van der Waals surface area contributed by atoms with Crippen molar-refractivity contribution in [3.63, 3.8) is 0 Å². The van der Waals surface area contributed by atoms with Gasteiger partial charge in [-0.3, -0.25) is 9.89 Å². The van der Waals surface area contributed by atoms with Crippen molar-refractivity contribution < 1.29 is 4.79 Å². The Balaban J connectivity index is 1.97. The van der Waals surface area contributed by atoms with Gasteiger partial charge in [0.25, 0.3) is 5.91 Å². The van der Waals surface area contributed by atoms with Crippen LogP contribution in [0.2, 0.25) is 5.02 Å². The van der Waals surface area contributed by atoms with Crippen LogP contribution in [0.3, 0.4) is 0 Å². The predicted molar refractivity (Wildman–Crippen MR) is 90.7 cm³/mol. The number of thiophene rings is 1. The number of nitrogens with zero attached hydrogens (tertiary/aromatic N) is 1. The molecule has 22 heavy (non-hydrogen) atoms. The highest BCUT2D eigenvalue weighted by Crippen LogP contribution is 2.30. The van der Waals surface area contributed by atoms with Crippen molar-refractivity contribution in [3.05, 3.63) is 57.4 Å². The summed E-state index contributed by atoms with van der Waals surface area (Å²) in [6.45, 7) is 2.01. The van der Waals surface area contributed by atoms with Crippen molar-refractivity contribution in [2.24, 2.45) is 0 Å². The van der Waals surface area contributed by atoms with Gasteiger partial charge in [0, 0.05) is 10.6 Å². The quantitative estimate of drug-likeness (QED) is 0.733. The zero-order valence-corrected chi connectivity index (χ0v) is 13.5. The van der Waals surface area contributed by atoms with Gasteiger partial charge in [-0.1, -0.05) is 36.7 Å². The highest BCUT2D eigenvalue weighted by molar-refractivity contribution is 7.12. The molecule has 2 aromatic heterocycles. The Kier molecular flexibility index (Phi) is 4.27. The Bertz CT molecular complexity index is 778. The Labute approximate surface area is 137 Å². The Morgan fingerprint density at radius 3 is 2.73 bits per heavy atom. The van der Waals surface area contributed by atoms with Gasteiger partial charge in [-0.05, 0) is 30.0 Å². The number of carbonyl (C=O) groups excluding carboxylic acids is 1. The summed E-state index contributed by atoms with van der Waals surface area (Å²) in [5.74, 6) is -0.124. The number of hydrogen-bond acceptors (Lipinski definition) is 3. The lowest BCUT2D eigenvalue weighted by molar-refractivity contribution is 0.103. The molecule has 112 valence electrons. The summed E-state index contributed by atoms with van der Waals surface area (Å²) in [4.78, 5) is 13.0. The molecule has 0 radical (unpaired) electrons. The van der Waals surface area contributed by atoms with E-state index in [9.17, 15) is 4.79 Å². The molecule has 0 unspecified atom stereocenters. The maximum Gasteiger partial charge on any atom is 0.265 e. The van der Waals surface area contributed by atoms with E-state index >= 15 is 0 Å². The average Bonchev–Trinajstić information content (AvgIpc) is 3.17. The molecule has 0 aliphatic heterocycles. The summed E-state index contributed by atoms with van der Waals surface area (Å²) >= 11 is 7.34. The molecule has 0 aliphatic rings. The van der Waals surface area contributed by atoms with Gasteiger partial charge in [-0.2, -0.15) is 5.10 Å². The smallest absolute Gasteiger partial charge is 0.265 e. The number of H-pyrrole nitrogens is 1. The predicted octanol–water partition coefficient (Wildman–Crippen LogP) is 4.61. The second-order valence-electron chi connectivity index (χ2n) is 4.72. The van der Waals surface area contributed by atoms with Crippen LogP contribution in [-0.2, 0) is 6.42 Å². The highest BCUT2D eigenvalue weighted by Gasteiger charge is 2.17. The number of aromatic nitrogens is 2. The fourth-order valence-corrected chi connectivity index (χ4v) is 2.91. The fourth-order valence-electron chi connectivity index (χ4n) is 2.17. The third kappa shape index (κ3) is 2.91. The second-order valence-corrected chi connectivity index (χ2v) is 6.10. The number of benzene rings is 1. The second kappa shape index (κ2) is 6.34. The fraction of sp³-hybridized carbons (Fsp3) is 0.125. The summed E-state index contributed by atoms with van der Waals surface area (Å²) in [6.07, 6.45) is 0.751. The third-order valence-electron chi connectivity index (χ3n) is 3.30. The van der Waals surface area contributed by atoms with E-state index in [1.807, 2.05) is 42.6 Å². The van der Waals surface area contributed by atoms with E-state index in [0.717, 1.165) is 29.1 Å². The Hall–Kier alpha value is -2.11. The van der Waals surface area contributed by atoms with Crippen LogP contribution in [0.1, 0.15) is 22.3 Å². The first-order valence-electron chi connectivity index (χ1n) is 6.87. The lowest BCUT2D eigenvalue weighted by atomic mass is 10.1. The van der Waals surface area contributed by atoms with Gasteiger partial charge in [0.1, 0.15) is 5.69 Å². The first kappa shape index (κ1) is 14.8. The Morgan fingerprint density at radius 2 is 2.09 bits per heavy atom. The number of nitrogens with one attached hydrogen (secondary N) is 2. The summed E-state index contributed by atoms with van der Waals surface area (Å²) in [5, 5.41) is 12.9. The largest absolute Gasteiger partial charge is 0.318 e. The van der Waals surface area contributed by atoms with E-state index in [4.69, 9.17) is 11.6 Å². The summed E-state index contributed by atoms with van der Waals surface area (Å²) in [7, 11) is 0. The topological polar surface area (TPSA) is 57.8 Å². The molecule has 1 amide bonds. The third-order valence-corrected chi connectivity index (χ3v) is 4.42. The lowest BCUT2D eigenvalue weighted by Gasteiger charge is -2.07. The molecule has 0 aliphatic carbocycles. The van der Waals surface area contributed by atoms with Gasteiger partial charge in [-0.25, -0.2) is 0 Å². The molecule has 4 nitrogen and oxygen atoms in total. The maximum absolute atomic E-state index is 12.3. The van der Waals surface area contributed by atoms with Gasteiger partial charge >= 0.3 is 0 Å². The van der Waals surface area contributed by atoms with Crippen molar-refractivity contribution in [3.8, 4) is 11.3 Å². The van der Waals surface area contributed by atoms with E-state index in [1.165, 1.54) is 11.3 Å². The molecule has 3 aromatic rings. The minimum atomic E-state index is -0.124. The maximum atomic E-state index is 12.3. The van der Waals surface area contributed by atoms with Gasteiger partial charge in [0.15, 0.2) is 0 Å². The van der Waals surface area contributed by atoms with Crippen LogP contribution >= 0.6 is 22.9 Å². The summed E-state index contributed by atoms with van der Waals surface area (Å²) in [5.41, 5.74) is 3.25. The number of hydrogen-bond donors (Lipinski definition) is 2. The minimum Gasteiger partial charge on any atom is -0.318 e. The highest BCUT2D eigenvalue weighted by atomic mass is 35.5. The number of amides is 1. The zero-order valence-electron chi connectivity index (χ0n) is 11.9. The number of carbonyl (C=O) groups is 1. The SMILES string of the molecule is CCc1[nH]nc(-c2ccc(Cl)cc2)c1NC(=O)c1cccs1. The lowest BCUT2D eigenvalue weighted by Crippen LogP contribution is -2.11. The van der Waals surface area contributed by atoms with E-state index < -0.39 is 0 Å². The van der Waals surface area contributed by atoms with Crippen LogP contribution in [0.5, 0.6) is 0 Å².